The predicted octanol–water partition coefficient (Wildman–Crippen LogP) is 0.323. The van der Waals surface area contributed by atoms with E-state index in [0.717, 1.165) is 5.56 Å². The van der Waals surface area contributed by atoms with Crippen molar-refractivity contribution in [1.82, 2.24) is 37.2 Å². The molecule has 1 heterocycles. The Morgan fingerprint density at radius 1 is 0.797 bits per heavy atom. The normalized spacial score (nSPS) is 23.5. The van der Waals surface area contributed by atoms with Gasteiger partial charge in [-0.15, -0.1) is 0 Å². The number of methoxy groups -OCH3 is 1. The monoisotopic (exact) mass is 1030 g/mol. The van der Waals surface area contributed by atoms with Crippen LogP contribution in [0.5, 0.6) is 5.75 Å². The molecule has 1 aliphatic rings. The Balaban J connectivity index is 2.07. The van der Waals surface area contributed by atoms with Crippen molar-refractivity contribution in [2.24, 2.45) is 28.3 Å². The number of allylic oxidation sites excluding steroid dienone is 2. The number of aliphatic carboxylic acids is 2. The molecule has 1 aliphatic heterocycles. The van der Waals surface area contributed by atoms with E-state index in [2.05, 4.69) is 48.8 Å². The number of benzene rings is 2. The van der Waals surface area contributed by atoms with E-state index in [-0.39, 0.29) is 56.0 Å². The molecule has 7 amide bonds. The van der Waals surface area contributed by atoms with E-state index in [1.807, 2.05) is 43.3 Å². The van der Waals surface area contributed by atoms with Crippen molar-refractivity contribution in [2.45, 2.75) is 121 Å². The number of aliphatic imine (C=N–C) groups is 1. The second-order valence-corrected chi connectivity index (χ2v) is 18.0. The van der Waals surface area contributed by atoms with Crippen LogP contribution in [-0.4, -0.2) is 131 Å². The van der Waals surface area contributed by atoms with Crippen LogP contribution in [0.25, 0.3) is 0 Å². The highest BCUT2D eigenvalue weighted by atomic mass is 16.5. The number of nitrogens with two attached hydrogens (primary N) is 2. The quantitative estimate of drug-likeness (QED) is 0.0354. The van der Waals surface area contributed by atoms with Crippen molar-refractivity contribution >= 4 is 59.2 Å². The first-order valence-corrected chi connectivity index (χ1v) is 24.0. The number of carbonyl (C=O) groups is 9. The van der Waals surface area contributed by atoms with Crippen LogP contribution in [0.15, 0.2) is 95.7 Å². The highest BCUT2D eigenvalue weighted by molar-refractivity contribution is 6.00. The Morgan fingerprint density at radius 3 is 2.04 bits per heavy atom. The van der Waals surface area contributed by atoms with Crippen LogP contribution in [0.3, 0.4) is 0 Å². The standard InChI is InChI=1S/C51H70N10O13/c1-28(25-29(2)41(74-6)26-34-11-8-7-9-12-34)14-20-36-30(3)44(65)60-39(49(70)71)22-23-42(63)55-31(4)45(66)56-32(5)46(67)59-38(21-17-33-15-18-35(62)19-16-33)48(69)61-40(50(72)73)27-43(64)57-37(47(68)58-36)13-10-24-54-51(52)53/h7-9,11-12,14-16,18-20,25,29-30,32,36-41,62H,4,10,13,17,21-24,26-27H2,1-3,5-6H3,(H,55,63)(H,56,66)(H,57,64)(H,58,68)(H,59,67)(H,60,65)(H,61,69)(H,70,71)(H,72,73)(H4,52,53,54)/b20-14+,28-25+/t29-,30-,32-,36-,37-,38-,39+,40+,41-/m0/s1. The van der Waals surface area contributed by atoms with Crippen molar-refractivity contribution in [1.29, 1.82) is 0 Å². The van der Waals surface area contributed by atoms with Crippen molar-refractivity contribution in [2.75, 3.05) is 13.7 Å². The van der Waals surface area contributed by atoms with Crippen molar-refractivity contribution in [3.8, 4) is 5.75 Å². The summed E-state index contributed by atoms with van der Waals surface area (Å²) in [6, 6.07) is 6.64. The molecule has 2 aromatic carbocycles. The summed E-state index contributed by atoms with van der Waals surface area (Å²) in [6.45, 7) is 9.96. The van der Waals surface area contributed by atoms with E-state index >= 15 is 0 Å². The minimum atomic E-state index is -1.91. The number of phenolic OH excluding ortho intramolecular Hbond substituents is 1. The van der Waals surface area contributed by atoms with Crippen LogP contribution < -0.4 is 48.7 Å². The Kier molecular flexibility index (Phi) is 24.5. The van der Waals surface area contributed by atoms with Gasteiger partial charge in [0.25, 0.3) is 5.91 Å². The molecule has 0 unspecified atom stereocenters. The van der Waals surface area contributed by atoms with E-state index < -0.39 is 120 Å². The van der Waals surface area contributed by atoms with Gasteiger partial charge in [0.2, 0.25) is 35.4 Å². The van der Waals surface area contributed by atoms with E-state index in [9.17, 15) is 58.5 Å². The van der Waals surface area contributed by atoms with Crippen molar-refractivity contribution in [3.63, 3.8) is 0 Å². The number of hydrogen-bond donors (Lipinski definition) is 12. The molecule has 402 valence electrons. The van der Waals surface area contributed by atoms with Crippen LogP contribution in [0.1, 0.15) is 77.3 Å². The largest absolute Gasteiger partial charge is 0.508 e. The lowest BCUT2D eigenvalue weighted by Gasteiger charge is -2.27. The van der Waals surface area contributed by atoms with Gasteiger partial charge in [0.05, 0.1) is 30.2 Å². The number of hydrogen-bond acceptors (Lipinski definition) is 12. The fourth-order valence-corrected chi connectivity index (χ4v) is 7.63. The smallest absolute Gasteiger partial charge is 0.326 e. The lowest BCUT2D eigenvalue weighted by atomic mass is 9.94. The zero-order valence-corrected chi connectivity index (χ0v) is 42.2. The summed E-state index contributed by atoms with van der Waals surface area (Å²) in [6.07, 6.45) is 3.53. The number of phenols is 1. The zero-order valence-electron chi connectivity index (χ0n) is 42.2. The molecule has 0 spiro atoms. The Bertz CT molecular complexity index is 2410. The number of aromatic hydroxyl groups is 1. The first-order chi connectivity index (χ1) is 35.0. The van der Waals surface area contributed by atoms with E-state index in [0.29, 0.717) is 17.6 Å². The molecule has 0 radical (unpaired) electrons. The molecule has 2 aromatic rings. The number of carboxylic acid groups (broad SMARTS) is 2. The molecule has 23 heteroatoms. The van der Waals surface area contributed by atoms with Gasteiger partial charge in [-0.1, -0.05) is 86.7 Å². The van der Waals surface area contributed by atoms with E-state index in [4.69, 9.17) is 16.2 Å². The Hall–Kier alpha value is -8.08. The molecule has 0 bridgehead atoms. The van der Waals surface area contributed by atoms with Gasteiger partial charge in [-0.25, -0.2) is 9.59 Å². The van der Waals surface area contributed by atoms with Gasteiger partial charge in [-0.05, 0) is 75.6 Å². The van der Waals surface area contributed by atoms with E-state index in [1.54, 1.807) is 32.2 Å². The van der Waals surface area contributed by atoms with Gasteiger partial charge in [-0.3, -0.25) is 38.6 Å². The molecule has 1 saturated heterocycles. The van der Waals surface area contributed by atoms with Crippen LogP contribution in [0.2, 0.25) is 0 Å². The number of ether oxygens (including phenoxy) is 1. The molecule has 0 saturated carbocycles. The summed E-state index contributed by atoms with van der Waals surface area (Å²) in [4.78, 5) is 124. The number of nitrogens with one attached hydrogen (secondary N) is 7. The maximum atomic E-state index is 14.3. The maximum Gasteiger partial charge on any atom is 0.326 e. The van der Waals surface area contributed by atoms with Gasteiger partial charge in [0.15, 0.2) is 5.96 Å². The van der Waals surface area contributed by atoms with Gasteiger partial charge in [0.1, 0.15) is 36.0 Å². The van der Waals surface area contributed by atoms with Crippen LogP contribution in [0, 0.1) is 11.8 Å². The van der Waals surface area contributed by atoms with Crippen molar-refractivity contribution < 1.29 is 63.2 Å². The van der Waals surface area contributed by atoms with Crippen LogP contribution in [0.4, 0.5) is 0 Å². The topological polar surface area (TPSA) is 372 Å². The summed E-state index contributed by atoms with van der Waals surface area (Å²) in [5.74, 6) is -11.3. The molecule has 0 aromatic heterocycles. The predicted molar refractivity (Wildman–Crippen MR) is 272 cm³/mol. The average Bonchev–Trinajstić information content (AvgIpc) is 3.34. The highest BCUT2D eigenvalue weighted by Crippen LogP contribution is 2.19. The molecule has 9 atom stereocenters. The zero-order chi connectivity index (χ0) is 55.1. The number of carbonyl (C=O) groups excluding carboxylic acids is 7. The summed E-state index contributed by atoms with van der Waals surface area (Å²) in [7, 11) is 1.60. The van der Waals surface area contributed by atoms with Gasteiger partial charge >= 0.3 is 11.9 Å². The minimum absolute atomic E-state index is 0.00904. The fraction of sp³-hybridized carbons (Fsp3) is 0.451. The number of rotatable bonds is 16. The molecule has 23 nitrogen and oxygen atoms in total. The Labute approximate surface area is 429 Å². The number of carboxylic acids is 2. The van der Waals surface area contributed by atoms with Crippen LogP contribution >= 0.6 is 0 Å². The number of guanidine groups is 1. The third-order valence-electron chi connectivity index (χ3n) is 12.0. The third-order valence-corrected chi connectivity index (χ3v) is 12.0. The van der Waals surface area contributed by atoms with E-state index in [1.165, 1.54) is 32.1 Å². The molecular formula is C51H70N10O13. The lowest BCUT2D eigenvalue weighted by Crippen LogP contribution is -2.56. The molecular weight excluding hydrogens is 961 g/mol. The average molecular weight is 1030 g/mol. The van der Waals surface area contributed by atoms with Gasteiger partial charge in [-0.2, -0.15) is 0 Å². The summed E-state index contributed by atoms with van der Waals surface area (Å²) < 4.78 is 5.81. The summed E-state index contributed by atoms with van der Waals surface area (Å²) in [5.41, 5.74) is 12.8. The summed E-state index contributed by atoms with van der Waals surface area (Å²) >= 11 is 0. The lowest BCUT2D eigenvalue weighted by molar-refractivity contribution is -0.144. The maximum absolute atomic E-state index is 14.3. The Morgan fingerprint density at radius 2 is 1.42 bits per heavy atom. The SMILES string of the molecule is C=C1NC(=O)CC[C@H](C(=O)O)NC(=O)[C@@H](C)[C@H](/C=C/C(C)=C/[C@H](C)[C@H](Cc2ccccc2)OC)NC(=O)[C@H](CCCN=C(N)N)NC(=O)C[C@H](C(=O)O)NC(=O)[C@H](CCc2ccc(O)cc2)NC(=O)[C@H](C)NC1=O. The second kappa shape index (κ2) is 30.1. The number of aryl methyl sites for hydroxylation is 1. The van der Waals surface area contributed by atoms with Gasteiger partial charge < -0.3 is 68.7 Å². The molecule has 0 aliphatic carbocycles. The third kappa shape index (κ3) is 20.9. The number of nitrogens with zero attached hydrogens (tertiary/aromatic N) is 1. The molecule has 74 heavy (non-hydrogen) atoms. The fourth-order valence-electron chi connectivity index (χ4n) is 7.63. The minimum Gasteiger partial charge on any atom is -0.508 e. The molecule has 1 fully saturated rings. The first-order valence-electron chi connectivity index (χ1n) is 24.0. The van der Waals surface area contributed by atoms with Crippen LogP contribution in [-0.2, 0) is 60.7 Å². The first kappa shape index (κ1) is 60.2. The second-order valence-electron chi connectivity index (χ2n) is 18.0. The summed E-state index contributed by atoms with van der Waals surface area (Å²) in [5, 5.41) is 47.1. The van der Waals surface area contributed by atoms with Gasteiger partial charge in [0, 0.05) is 26.0 Å². The number of amides is 7. The molecule has 3 rings (SSSR count). The van der Waals surface area contributed by atoms with Crippen molar-refractivity contribution in [3.05, 3.63) is 102 Å². The highest BCUT2D eigenvalue weighted by Gasteiger charge is 2.34. The molecule has 14 N–H and O–H groups in total.